The Morgan fingerprint density at radius 2 is 1.43 bits per heavy atom. The van der Waals surface area contributed by atoms with Crippen LogP contribution in [-0.4, -0.2) is 87.0 Å². The first-order valence-electron chi connectivity index (χ1n) is 15.8. The molecule has 1 saturated heterocycles. The molecule has 3 aromatic rings. The van der Waals surface area contributed by atoms with Gasteiger partial charge in [0, 0.05) is 76.1 Å². The number of nitrogens with zero attached hydrogens (tertiary/aromatic N) is 4. The van der Waals surface area contributed by atoms with Crippen molar-refractivity contribution in [2.24, 2.45) is 0 Å². The second-order valence-electron chi connectivity index (χ2n) is 12.5. The summed E-state index contributed by atoms with van der Waals surface area (Å²) < 4.78 is 80.8. The van der Waals surface area contributed by atoms with E-state index in [4.69, 9.17) is 11.6 Å². The lowest BCUT2D eigenvalue weighted by molar-refractivity contribution is -0.143. The zero-order chi connectivity index (χ0) is 36.1. The minimum absolute atomic E-state index is 0.00918. The van der Waals surface area contributed by atoms with Crippen LogP contribution in [0.4, 0.5) is 36.8 Å². The molecule has 49 heavy (non-hydrogen) atoms. The molecule has 1 aliphatic rings. The number of hydrogen-bond donors (Lipinski definition) is 1. The molecule has 0 saturated carbocycles. The molecule has 1 aliphatic heterocycles. The van der Waals surface area contributed by atoms with Crippen molar-refractivity contribution in [2.75, 3.05) is 65.3 Å². The number of halogens is 7. The highest BCUT2D eigenvalue weighted by atomic mass is 35.5. The fourth-order valence-electron chi connectivity index (χ4n) is 5.90. The van der Waals surface area contributed by atoms with Crippen LogP contribution >= 0.6 is 11.6 Å². The molecular formula is C35H40ClF6N5O2. The van der Waals surface area contributed by atoms with Gasteiger partial charge in [-0.25, -0.2) is 4.79 Å². The van der Waals surface area contributed by atoms with Gasteiger partial charge in [-0.2, -0.15) is 26.3 Å². The van der Waals surface area contributed by atoms with Gasteiger partial charge >= 0.3 is 18.4 Å². The smallest absolute Gasteiger partial charge is 0.369 e. The van der Waals surface area contributed by atoms with Crippen LogP contribution in [0.5, 0.6) is 0 Å². The summed E-state index contributed by atoms with van der Waals surface area (Å²) in [6.45, 7) is 5.57. The van der Waals surface area contributed by atoms with Gasteiger partial charge in [0.05, 0.1) is 17.2 Å². The van der Waals surface area contributed by atoms with Crippen molar-refractivity contribution in [2.45, 2.75) is 37.7 Å². The average Bonchev–Trinajstić information content (AvgIpc) is 3.05. The summed E-state index contributed by atoms with van der Waals surface area (Å²) in [5.41, 5.74) is -0.886. The Labute approximate surface area is 287 Å². The van der Waals surface area contributed by atoms with E-state index in [-0.39, 0.29) is 30.6 Å². The van der Waals surface area contributed by atoms with Gasteiger partial charge in [-0.15, -0.1) is 0 Å². The van der Waals surface area contributed by atoms with Crippen molar-refractivity contribution < 1.29 is 35.9 Å². The second-order valence-corrected chi connectivity index (χ2v) is 12.9. The Bertz CT molecular complexity index is 1560. The molecule has 0 aliphatic carbocycles. The number of benzene rings is 3. The summed E-state index contributed by atoms with van der Waals surface area (Å²) in [4.78, 5) is 32.8. The molecule has 1 N–H and O–H groups in total. The summed E-state index contributed by atoms with van der Waals surface area (Å²) in [6, 6.07) is 15.5. The number of piperazine rings is 1. The molecule has 0 aromatic heterocycles. The molecule has 14 heteroatoms. The minimum atomic E-state index is -5.06. The highest BCUT2D eigenvalue weighted by molar-refractivity contribution is 6.30. The molecule has 0 bridgehead atoms. The zero-order valence-electron chi connectivity index (χ0n) is 27.7. The van der Waals surface area contributed by atoms with Crippen LogP contribution in [0.25, 0.3) is 0 Å². The van der Waals surface area contributed by atoms with E-state index < -0.39 is 35.0 Å². The van der Waals surface area contributed by atoms with Crippen LogP contribution in [0.3, 0.4) is 0 Å². The van der Waals surface area contributed by atoms with Gasteiger partial charge < -0.3 is 20.0 Å². The van der Waals surface area contributed by atoms with Crippen molar-refractivity contribution in [3.05, 3.63) is 99.6 Å². The molecule has 0 radical (unpaired) electrons. The van der Waals surface area contributed by atoms with Crippen LogP contribution in [0, 0.1) is 0 Å². The number of para-hydroxylation sites is 1. The first kappa shape index (κ1) is 37.8. The quantitative estimate of drug-likeness (QED) is 0.219. The van der Waals surface area contributed by atoms with E-state index in [2.05, 4.69) is 15.1 Å². The van der Waals surface area contributed by atoms with E-state index in [1.54, 1.807) is 26.2 Å². The van der Waals surface area contributed by atoms with Gasteiger partial charge in [0.25, 0.3) is 5.91 Å². The Balaban J connectivity index is 1.45. The van der Waals surface area contributed by atoms with Crippen molar-refractivity contribution in [3.8, 4) is 0 Å². The number of amides is 3. The molecule has 4 rings (SSSR count). The van der Waals surface area contributed by atoms with Crippen LogP contribution < -0.4 is 10.2 Å². The Morgan fingerprint density at radius 1 is 0.857 bits per heavy atom. The van der Waals surface area contributed by atoms with Crippen LogP contribution in [-0.2, 0) is 12.4 Å². The molecule has 0 unspecified atom stereocenters. The van der Waals surface area contributed by atoms with Gasteiger partial charge in [-0.05, 0) is 67.4 Å². The standard InChI is InChI=1S/C35H40ClF6N5O2/c1-23(43-33(49)44(2)3)30-7-5-6-8-31(30)47-17-15-46(16-18-47)14-13-25(24-9-11-29(36)12-10-24)22-45(4)32(48)26-19-27(34(37,38)39)21-28(20-26)35(40,41)42/h5-12,19-21,23,25H,13-18,22H2,1-4H3,(H,43,49)/t23-,25+/m0/s1. The number of alkyl halides is 6. The maximum Gasteiger partial charge on any atom is 0.416 e. The van der Waals surface area contributed by atoms with Gasteiger partial charge in [0.1, 0.15) is 0 Å². The largest absolute Gasteiger partial charge is 0.416 e. The van der Waals surface area contributed by atoms with Crippen molar-refractivity contribution >= 4 is 29.2 Å². The monoisotopic (exact) mass is 711 g/mol. The maximum absolute atomic E-state index is 13.5. The van der Waals surface area contributed by atoms with Crippen molar-refractivity contribution in [3.63, 3.8) is 0 Å². The van der Waals surface area contributed by atoms with Gasteiger partial charge in [-0.3, -0.25) is 9.69 Å². The van der Waals surface area contributed by atoms with E-state index in [1.165, 1.54) is 16.8 Å². The predicted molar refractivity (Wildman–Crippen MR) is 178 cm³/mol. The van der Waals surface area contributed by atoms with Crippen LogP contribution in [0.2, 0.25) is 5.02 Å². The lowest BCUT2D eigenvalue weighted by Crippen LogP contribution is -2.47. The number of urea groups is 1. The topological polar surface area (TPSA) is 59.1 Å². The fourth-order valence-corrected chi connectivity index (χ4v) is 6.02. The zero-order valence-corrected chi connectivity index (χ0v) is 28.5. The van der Waals surface area contributed by atoms with Crippen LogP contribution in [0.15, 0.2) is 66.7 Å². The number of carbonyl (C=O) groups is 2. The molecule has 3 aromatic carbocycles. The molecular weight excluding hydrogens is 672 g/mol. The number of carbonyl (C=O) groups excluding carboxylic acids is 2. The van der Waals surface area contributed by atoms with E-state index in [9.17, 15) is 35.9 Å². The molecule has 2 atom stereocenters. The third-order valence-electron chi connectivity index (χ3n) is 8.67. The molecule has 7 nitrogen and oxygen atoms in total. The summed E-state index contributed by atoms with van der Waals surface area (Å²) in [6.07, 6.45) is -9.56. The summed E-state index contributed by atoms with van der Waals surface area (Å²) >= 11 is 6.10. The Morgan fingerprint density at radius 3 is 1.98 bits per heavy atom. The van der Waals surface area contributed by atoms with E-state index in [1.807, 2.05) is 43.3 Å². The third-order valence-corrected chi connectivity index (χ3v) is 8.93. The summed E-state index contributed by atoms with van der Waals surface area (Å²) in [5, 5.41) is 3.50. The van der Waals surface area contributed by atoms with Crippen molar-refractivity contribution in [1.29, 1.82) is 0 Å². The molecule has 0 spiro atoms. The Kier molecular flexibility index (Phi) is 12.1. The lowest BCUT2D eigenvalue weighted by atomic mass is 9.94. The molecule has 1 fully saturated rings. The van der Waals surface area contributed by atoms with Crippen LogP contribution in [0.1, 0.15) is 57.9 Å². The maximum atomic E-state index is 13.5. The second kappa shape index (κ2) is 15.7. The SMILES string of the molecule is C[C@H](NC(=O)N(C)C)c1ccccc1N1CCN(CC[C@H](CN(C)C(=O)c2cc(C(F)(F)F)cc(C(F)(F)F)c2)c2ccc(Cl)cc2)CC1. The van der Waals surface area contributed by atoms with Gasteiger partial charge in [-0.1, -0.05) is 41.9 Å². The third kappa shape index (κ3) is 10.0. The van der Waals surface area contributed by atoms with Crippen molar-refractivity contribution in [1.82, 2.24) is 20.0 Å². The molecule has 1 heterocycles. The number of anilines is 1. The first-order valence-corrected chi connectivity index (χ1v) is 16.2. The van der Waals surface area contributed by atoms with Gasteiger partial charge in [0.2, 0.25) is 0 Å². The normalized spacial score (nSPS) is 15.4. The number of likely N-dealkylation sites (N-methyl/N-ethyl adjacent to an activating group) is 1. The highest BCUT2D eigenvalue weighted by Gasteiger charge is 2.38. The molecule has 266 valence electrons. The van der Waals surface area contributed by atoms with Gasteiger partial charge in [0.15, 0.2) is 0 Å². The number of hydrogen-bond acceptors (Lipinski definition) is 4. The fraction of sp³-hybridized carbons (Fsp3) is 0.429. The number of nitrogens with one attached hydrogen (secondary N) is 1. The summed E-state index contributed by atoms with van der Waals surface area (Å²) in [7, 11) is 4.74. The first-order chi connectivity index (χ1) is 22.9. The Hall–Kier alpha value is -3.97. The van der Waals surface area contributed by atoms with E-state index in [0.717, 1.165) is 43.0 Å². The average molecular weight is 712 g/mol. The predicted octanol–water partition coefficient (Wildman–Crippen LogP) is 7.78. The summed E-state index contributed by atoms with van der Waals surface area (Å²) in [5.74, 6) is -1.22. The highest BCUT2D eigenvalue weighted by Crippen LogP contribution is 2.37. The van der Waals surface area contributed by atoms with E-state index >= 15 is 0 Å². The minimum Gasteiger partial charge on any atom is -0.369 e. The lowest BCUT2D eigenvalue weighted by Gasteiger charge is -2.38. The van der Waals surface area contributed by atoms with E-state index in [0.29, 0.717) is 30.1 Å². The number of rotatable bonds is 10. The molecule has 3 amide bonds.